The van der Waals surface area contributed by atoms with Crippen LogP contribution in [0.4, 0.5) is 0 Å². The summed E-state index contributed by atoms with van der Waals surface area (Å²) in [7, 11) is 0. The standard InChI is InChI=1S/C11H10ClNO2/c1-7(11(14)15)13-6-5-8-3-2-4-9(12)10(8)13/h2-7H,1H3,(H,14,15)/t7-/m0/s1. The van der Waals surface area contributed by atoms with Crippen molar-refractivity contribution in [1.29, 1.82) is 0 Å². The summed E-state index contributed by atoms with van der Waals surface area (Å²) in [6.45, 7) is 1.63. The van der Waals surface area contributed by atoms with Gasteiger partial charge in [0.1, 0.15) is 6.04 Å². The van der Waals surface area contributed by atoms with E-state index in [1.807, 2.05) is 18.2 Å². The van der Waals surface area contributed by atoms with E-state index < -0.39 is 12.0 Å². The monoisotopic (exact) mass is 223 g/mol. The molecule has 0 saturated heterocycles. The van der Waals surface area contributed by atoms with Crippen LogP contribution in [0.25, 0.3) is 10.9 Å². The lowest BCUT2D eigenvalue weighted by atomic mass is 10.2. The van der Waals surface area contributed by atoms with Gasteiger partial charge in [-0.15, -0.1) is 0 Å². The topological polar surface area (TPSA) is 42.2 Å². The third kappa shape index (κ3) is 1.59. The molecule has 15 heavy (non-hydrogen) atoms. The summed E-state index contributed by atoms with van der Waals surface area (Å²) in [5.41, 5.74) is 0.772. The summed E-state index contributed by atoms with van der Waals surface area (Å²) in [4.78, 5) is 10.9. The number of nitrogens with zero attached hydrogens (tertiary/aromatic N) is 1. The van der Waals surface area contributed by atoms with Gasteiger partial charge in [-0.1, -0.05) is 23.7 Å². The average Bonchev–Trinajstić information content (AvgIpc) is 2.61. The number of hydrogen-bond donors (Lipinski definition) is 1. The third-order valence-corrected chi connectivity index (χ3v) is 2.77. The molecule has 2 aromatic rings. The fraction of sp³-hybridized carbons (Fsp3) is 0.182. The first-order chi connectivity index (χ1) is 7.11. The van der Waals surface area contributed by atoms with Gasteiger partial charge in [0.25, 0.3) is 0 Å². The van der Waals surface area contributed by atoms with E-state index in [0.717, 1.165) is 10.9 Å². The first kappa shape index (κ1) is 10.1. The minimum atomic E-state index is -0.868. The summed E-state index contributed by atoms with van der Waals surface area (Å²) < 4.78 is 1.67. The smallest absolute Gasteiger partial charge is 0.326 e. The SMILES string of the molecule is C[C@@H](C(=O)O)n1ccc2cccc(Cl)c21. The number of para-hydroxylation sites is 1. The number of aliphatic carboxylic acids is 1. The Morgan fingerprint density at radius 2 is 2.20 bits per heavy atom. The van der Waals surface area contributed by atoms with Gasteiger partial charge in [0, 0.05) is 11.6 Å². The highest BCUT2D eigenvalue weighted by Gasteiger charge is 2.16. The van der Waals surface area contributed by atoms with Crippen LogP contribution in [-0.4, -0.2) is 15.6 Å². The second-order valence-corrected chi connectivity index (χ2v) is 3.82. The minimum absolute atomic E-state index is 0.575. The fourth-order valence-corrected chi connectivity index (χ4v) is 1.90. The van der Waals surface area contributed by atoms with Crippen molar-refractivity contribution < 1.29 is 9.90 Å². The molecule has 0 spiro atoms. The molecule has 78 valence electrons. The number of fused-ring (bicyclic) bond motifs is 1. The van der Waals surface area contributed by atoms with Gasteiger partial charge in [-0.3, -0.25) is 0 Å². The molecule has 0 amide bonds. The summed E-state index contributed by atoms with van der Waals surface area (Å²) in [6.07, 6.45) is 1.75. The van der Waals surface area contributed by atoms with E-state index in [0.29, 0.717) is 5.02 Å². The predicted octanol–water partition coefficient (Wildman–Crippen LogP) is 2.94. The Kier molecular flexibility index (Phi) is 2.40. The Balaban J connectivity index is 2.67. The Morgan fingerprint density at radius 3 is 2.87 bits per heavy atom. The van der Waals surface area contributed by atoms with Crippen LogP contribution in [0.15, 0.2) is 30.5 Å². The maximum atomic E-state index is 10.9. The van der Waals surface area contributed by atoms with Crippen molar-refractivity contribution in [3.8, 4) is 0 Å². The van der Waals surface area contributed by atoms with Gasteiger partial charge in [0.15, 0.2) is 0 Å². The van der Waals surface area contributed by atoms with Crippen molar-refractivity contribution in [1.82, 2.24) is 4.57 Å². The van der Waals surface area contributed by atoms with Crippen LogP contribution in [0.1, 0.15) is 13.0 Å². The molecule has 4 heteroatoms. The molecule has 0 aliphatic carbocycles. The highest BCUT2D eigenvalue weighted by atomic mass is 35.5. The second kappa shape index (κ2) is 3.59. The van der Waals surface area contributed by atoms with Gasteiger partial charge in [0.2, 0.25) is 0 Å². The van der Waals surface area contributed by atoms with E-state index in [1.165, 1.54) is 0 Å². The number of hydrogen-bond acceptors (Lipinski definition) is 1. The van der Waals surface area contributed by atoms with E-state index in [4.69, 9.17) is 16.7 Å². The lowest BCUT2D eigenvalue weighted by Crippen LogP contribution is -2.14. The molecular formula is C11H10ClNO2. The van der Waals surface area contributed by atoms with Crippen LogP contribution in [0.5, 0.6) is 0 Å². The van der Waals surface area contributed by atoms with Gasteiger partial charge in [-0.2, -0.15) is 0 Å². The predicted molar refractivity (Wildman–Crippen MR) is 59.3 cm³/mol. The highest BCUT2D eigenvalue weighted by Crippen LogP contribution is 2.27. The minimum Gasteiger partial charge on any atom is -0.480 e. The van der Waals surface area contributed by atoms with Crippen molar-refractivity contribution in [2.24, 2.45) is 0 Å². The van der Waals surface area contributed by atoms with Gasteiger partial charge >= 0.3 is 5.97 Å². The molecule has 1 N–H and O–H groups in total. The van der Waals surface area contributed by atoms with Crippen molar-refractivity contribution in [3.63, 3.8) is 0 Å². The number of carbonyl (C=O) groups is 1. The van der Waals surface area contributed by atoms with Crippen LogP contribution >= 0.6 is 11.6 Å². The number of rotatable bonds is 2. The van der Waals surface area contributed by atoms with E-state index in [-0.39, 0.29) is 0 Å². The van der Waals surface area contributed by atoms with E-state index in [9.17, 15) is 4.79 Å². The summed E-state index contributed by atoms with van der Waals surface area (Å²) in [5, 5.41) is 10.5. The van der Waals surface area contributed by atoms with Crippen LogP contribution in [0.3, 0.4) is 0 Å². The zero-order chi connectivity index (χ0) is 11.0. The van der Waals surface area contributed by atoms with Crippen molar-refractivity contribution >= 4 is 28.5 Å². The lowest BCUT2D eigenvalue weighted by molar-refractivity contribution is -0.140. The van der Waals surface area contributed by atoms with Crippen molar-refractivity contribution in [3.05, 3.63) is 35.5 Å². The molecule has 1 atom stereocenters. The largest absolute Gasteiger partial charge is 0.480 e. The summed E-state index contributed by atoms with van der Waals surface area (Å²) in [5.74, 6) is -0.868. The van der Waals surface area contributed by atoms with Crippen LogP contribution in [-0.2, 0) is 4.79 Å². The Labute approximate surface area is 91.9 Å². The average molecular weight is 224 g/mol. The number of carboxylic acids is 1. The molecule has 0 unspecified atom stereocenters. The fourth-order valence-electron chi connectivity index (χ4n) is 1.62. The number of halogens is 1. The molecule has 2 rings (SSSR count). The Bertz CT molecular complexity index is 518. The molecule has 1 heterocycles. The number of aromatic nitrogens is 1. The van der Waals surface area contributed by atoms with Gasteiger partial charge in [-0.25, -0.2) is 4.79 Å². The Morgan fingerprint density at radius 1 is 1.47 bits per heavy atom. The number of benzene rings is 1. The molecule has 1 aromatic carbocycles. The quantitative estimate of drug-likeness (QED) is 0.851. The lowest BCUT2D eigenvalue weighted by Gasteiger charge is -2.10. The molecule has 0 bridgehead atoms. The molecule has 1 aromatic heterocycles. The third-order valence-electron chi connectivity index (χ3n) is 2.47. The molecular weight excluding hydrogens is 214 g/mol. The van der Waals surface area contributed by atoms with Gasteiger partial charge in [-0.05, 0) is 19.1 Å². The maximum Gasteiger partial charge on any atom is 0.326 e. The first-order valence-corrected chi connectivity index (χ1v) is 4.97. The van der Waals surface area contributed by atoms with Gasteiger partial charge < -0.3 is 9.67 Å². The normalized spacial score (nSPS) is 12.9. The number of carboxylic acid groups (broad SMARTS) is 1. The summed E-state index contributed by atoms with van der Waals surface area (Å²) in [6, 6.07) is 6.77. The van der Waals surface area contributed by atoms with E-state index in [1.54, 1.807) is 23.8 Å². The van der Waals surface area contributed by atoms with Crippen molar-refractivity contribution in [2.75, 3.05) is 0 Å². The van der Waals surface area contributed by atoms with E-state index >= 15 is 0 Å². The van der Waals surface area contributed by atoms with E-state index in [2.05, 4.69) is 0 Å². The molecule has 0 radical (unpaired) electrons. The van der Waals surface area contributed by atoms with Crippen LogP contribution in [0, 0.1) is 0 Å². The Hall–Kier alpha value is -1.48. The molecule has 0 aliphatic rings. The second-order valence-electron chi connectivity index (χ2n) is 3.41. The zero-order valence-corrected chi connectivity index (χ0v) is 8.90. The van der Waals surface area contributed by atoms with Crippen LogP contribution < -0.4 is 0 Å². The molecule has 0 aliphatic heterocycles. The maximum absolute atomic E-state index is 10.9. The molecule has 0 fully saturated rings. The molecule has 3 nitrogen and oxygen atoms in total. The highest BCUT2D eigenvalue weighted by molar-refractivity contribution is 6.35. The van der Waals surface area contributed by atoms with Crippen LogP contribution in [0.2, 0.25) is 5.02 Å². The molecule has 0 saturated carbocycles. The first-order valence-electron chi connectivity index (χ1n) is 4.59. The zero-order valence-electron chi connectivity index (χ0n) is 8.14. The van der Waals surface area contributed by atoms with Gasteiger partial charge in [0.05, 0.1) is 10.5 Å². The summed E-state index contributed by atoms with van der Waals surface area (Å²) >= 11 is 6.04. The van der Waals surface area contributed by atoms with Crippen molar-refractivity contribution in [2.45, 2.75) is 13.0 Å².